The second-order valence-electron chi connectivity index (χ2n) is 6.09. The van der Waals surface area contributed by atoms with Gasteiger partial charge in [-0.25, -0.2) is 12.8 Å². The van der Waals surface area contributed by atoms with Crippen molar-refractivity contribution in [3.8, 4) is 0 Å². The average molecular weight is 435 g/mol. The molecule has 0 saturated carbocycles. The Morgan fingerprint density at radius 2 is 1.96 bits per heavy atom. The van der Waals surface area contributed by atoms with Crippen LogP contribution in [0.3, 0.4) is 0 Å². The lowest BCUT2D eigenvalue weighted by Gasteiger charge is -2.35. The first-order valence-electron chi connectivity index (χ1n) is 7.87. The highest BCUT2D eigenvalue weighted by atomic mass is 79.9. The van der Waals surface area contributed by atoms with Gasteiger partial charge in [0.15, 0.2) is 0 Å². The summed E-state index contributed by atoms with van der Waals surface area (Å²) in [6.07, 6.45) is 8.90. The molecule has 1 saturated heterocycles. The van der Waals surface area contributed by atoms with Crippen molar-refractivity contribution >= 4 is 37.6 Å². The Bertz CT molecular complexity index is 786. The van der Waals surface area contributed by atoms with Gasteiger partial charge < -0.3 is 0 Å². The van der Waals surface area contributed by atoms with Crippen LogP contribution >= 0.6 is 27.5 Å². The summed E-state index contributed by atoms with van der Waals surface area (Å²) in [5.74, 6) is -0.0586. The molecule has 0 spiro atoms. The zero-order valence-corrected chi connectivity index (χ0v) is 16.1. The van der Waals surface area contributed by atoms with Crippen LogP contribution in [-0.2, 0) is 10.0 Å². The van der Waals surface area contributed by atoms with Crippen molar-refractivity contribution in [3.05, 3.63) is 51.7 Å². The Hall–Kier alpha value is -0.690. The fourth-order valence-corrected chi connectivity index (χ4v) is 5.82. The molecule has 1 aromatic rings. The maximum absolute atomic E-state index is 14.0. The van der Waals surface area contributed by atoms with E-state index in [9.17, 15) is 12.8 Å². The summed E-state index contributed by atoms with van der Waals surface area (Å²) < 4.78 is 41.9. The van der Waals surface area contributed by atoms with Crippen molar-refractivity contribution in [2.24, 2.45) is 11.8 Å². The molecule has 7 heteroatoms. The van der Waals surface area contributed by atoms with Crippen molar-refractivity contribution in [2.45, 2.75) is 24.2 Å². The molecule has 1 aliphatic carbocycles. The van der Waals surface area contributed by atoms with Crippen LogP contribution in [0.1, 0.15) is 19.3 Å². The number of hydrogen-bond acceptors (Lipinski definition) is 2. The zero-order chi connectivity index (χ0) is 17.3. The first-order valence-corrected chi connectivity index (χ1v) is 10.5. The number of rotatable bonds is 3. The third-order valence-electron chi connectivity index (χ3n) is 4.63. The van der Waals surface area contributed by atoms with Crippen LogP contribution < -0.4 is 0 Å². The van der Waals surface area contributed by atoms with Gasteiger partial charge in [-0.05, 0) is 47.9 Å². The van der Waals surface area contributed by atoms with E-state index in [0.717, 1.165) is 25.3 Å². The molecular formula is C17H18BrClFNO2S. The Morgan fingerprint density at radius 3 is 2.62 bits per heavy atom. The van der Waals surface area contributed by atoms with Crippen molar-refractivity contribution in [3.63, 3.8) is 0 Å². The number of hydrogen-bond donors (Lipinski definition) is 0. The molecule has 24 heavy (non-hydrogen) atoms. The van der Waals surface area contributed by atoms with E-state index in [2.05, 4.69) is 34.2 Å². The molecule has 1 aromatic carbocycles. The normalized spacial score (nSPS) is 23.3. The second kappa shape index (κ2) is 7.28. The summed E-state index contributed by atoms with van der Waals surface area (Å²) in [6.45, 7) is 0.785. The first kappa shape index (κ1) is 18.1. The number of nitrogens with zero attached hydrogens (tertiary/aromatic N) is 1. The van der Waals surface area contributed by atoms with Gasteiger partial charge in [0.05, 0.1) is 0 Å². The molecule has 1 heterocycles. The van der Waals surface area contributed by atoms with E-state index >= 15 is 0 Å². The summed E-state index contributed by atoms with van der Waals surface area (Å²) in [4.78, 5) is -0.341. The number of allylic oxidation sites excluding steroid dienone is 4. The van der Waals surface area contributed by atoms with Gasteiger partial charge in [0.2, 0.25) is 10.0 Å². The molecule has 1 aliphatic heterocycles. The van der Waals surface area contributed by atoms with Gasteiger partial charge in [-0.3, -0.25) is 0 Å². The van der Waals surface area contributed by atoms with Gasteiger partial charge in [-0.2, -0.15) is 4.31 Å². The van der Waals surface area contributed by atoms with Crippen LogP contribution in [0.4, 0.5) is 4.39 Å². The van der Waals surface area contributed by atoms with Crippen LogP contribution in [0.5, 0.6) is 0 Å². The smallest absolute Gasteiger partial charge is 0.207 e. The Balaban J connectivity index is 1.74. The van der Waals surface area contributed by atoms with E-state index in [-0.39, 0.29) is 9.92 Å². The van der Waals surface area contributed by atoms with Crippen LogP contribution in [0, 0.1) is 17.7 Å². The molecule has 3 rings (SSSR count). The number of halogens is 3. The van der Waals surface area contributed by atoms with Gasteiger partial charge in [-0.15, -0.1) is 0 Å². The molecule has 0 radical (unpaired) electrons. The Kier molecular flexibility index (Phi) is 5.49. The first-order chi connectivity index (χ1) is 11.4. The lowest BCUT2D eigenvalue weighted by Crippen LogP contribution is -2.40. The maximum Gasteiger partial charge on any atom is 0.246 e. The minimum atomic E-state index is -3.85. The number of piperidine rings is 1. The van der Waals surface area contributed by atoms with Crippen molar-refractivity contribution in [1.82, 2.24) is 4.31 Å². The average Bonchev–Trinajstić information content (AvgIpc) is 2.57. The van der Waals surface area contributed by atoms with Crippen molar-refractivity contribution in [1.29, 1.82) is 0 Å². The van der Waals surface area contributed by atoms with Gasteiger partial charge in [0.25, 0.3) is 0 Å². The number of sulfonamides is 1. The zero-order valence-electron chi connectivity index (χ0n) is 13.0. The molecule has 1 fully saturated rings. The van der Waals surface area contributed by atoms with E-state index in [1.165, 1.54) is 20.9 Å². The lowest BCUT2D eigenvalue weighted by molar-refractivity contribution is 0.248. The van der Waals surface area contributed by atoms with Crippen LogP contribution in [0.25, 0.3) is 0 Å². The van der Waals surface area contributed by atoms with E-state index in [4.69, 9.17) is 11.6 Å². The summed E-state index contributed by atoms with van der Waals surface area (Å²) in [5, 5.41) is 0.214. The predicted molar refractivity (Wildman–Crippen MR) is 97.1 cm³/mol. The molecule has 0 bridgehead atoms. The van der Waals surface area contributed by atoms with E-state index in [1.54, 1.807) is 0 Å². The minimum absolute atomic E-state index is 0.214. The van der Waals surface area contributed by atoms with Gasteiger partial charge in [0, 0.05) is 24.0 Å². The summed E-state index contributed by atoms with van der Waals surface area (Å²) in [7, 11) is -3.85. The molecule has 130 valence electrons. The predicted octanol–water partition coefficient (Wildman–Crippen LogP) is 4.73. The molecule has 2 aliphatic rings. The van der Waals surface area contributed by atoms with Gasteiger partial charge in [0.1, 0.15) is 10.7 Å². The highest BCUT2D eigenvalue weighted by molar-refractivity contribution is 9.11. The van der Waals surface area contributed by atoms with Crippen molar-refractivity contribution in [2.75, 3.05) is 13.1 Å². The largest absolute Gasteiger partial charge is 0.246 e. The second-order valence-corrected chi connectivity index (χ2v) is 9.35. The topological polar surface area (TPSA) is 37.4 Å². The molecule has 3 nitrogen and oxygen atoms in total. The van der Waals surface area contributed by atoms with Crippen LogP contribution in [-0.4, -0.2) is 25.8 Å². The van der Waals surface area contributed by atoms with Gasteiger partial charge >= 0.3 is 0 Å². The third-order valence-corrected chi connectivity index (χ3v) is 7.63. The molecule has 0 amide bonds. The van der Waals surface area contributed by atoms with Crippen LogP contribution in [0.2, 0.25) is 5.02 Å². The fourth-order valence-electron chi connectivity index (χ4n) is 3.31. The van der Waals surface area contributed by atoms with E-state index in [0.29, 0.717) is 24.9 Å². The summed E-state index contributed by atoms with van der Waals surface area (Å²) in [5.41, 5.74) is 0. The highest BCUT2D eigenvalue weighted by Crippen LogP contribution is 2.37. The molecular weight excluding hydrogens is 417 g/mol. The van der Waals surface area contributed by atoms with E-state index in [1.807, 2.05) is 0 Å². The van der Waals surface area contributed by atoms with Crippen LogP contribution in [0.15, 0.2) is 45.8 Å². The van der Waals surface area contributed by atoms with Gasteiger partial charge in [-0.1, -0.05) is 45.8 Å². The number of benzene rings is 1. The SMILES string of the molecule is O=S(=O)(c1cc(Cl)ccc1F)N1CCC(C2C=CCC=C2Br)CC1. The summed E-state index contributed by atoms with van der Waals surface area (Å²) in [6, 6.07) is 3.62. The monoisotopic (exact) mass is 433 g/mol. The maximum atomic E-state index is 14.0. The van der Waals surface area contributed by atoms with E-state index < -0.39 is 15.8 Å². The fraction of sp³-hybridized carbons (Fsp3) is 0.412. The molecule has 0 aromatic heterocycles. The molecule has 0 N–H and O–H groups in total. The quantitative estimate of drug-likeness (QED) is 0.645. The molecule has 1 unspecified atom stereocenters. The third kappa shape index (κ3) is 3.62. The summed E-state index contributed by atoms with van der Waals surface area (Å²) >= 11 is 9.45. The van der Waals surface area contributed by atoms with Crippen molar-refractivity contribution < 1.29 is 12.8 Å². The standard InChI is InChI=1S/C17H18BrClFNO2S/c18-15-4-2-1-3-14(15)12-7-9-21(10-8-12)24(22,23)17-11-13(19)5-6-16(17)20/h1,3-6,11-12,14H,2,7-10H2. The molecule has 1 atom stereocenters. The Morgan fingerprint density at radius 1 is 1.25 bits per heavy atom. The Labute approximate surface area is 155 Å². The lowest BCUT2D eigenvalue weighted by atomic mass is 9.83. The minimum Gasteiger partial charge on any atom is -0.207 e. The highest BCUT2D eigenvalue weighted by Gasteiger charge is 2.34.